The second-order valence-electron chi connectivity index (χ2n) is 8.97. The van der Waals surface area contributed by atoms with Crippen molar-refractivity contribution in [2.45, 2.75) is 26.1 Å². The van der Waals surface area contributed by atoms with Crippen molar-refractivity contribution in [3.63, 3.8) is 0 Å². The van der Waals surface area contributed by atoms with Gasteiger partial charge in [0.1, 0.15) is 0 Å². The fourth-order valence-electron chi connectivity index (χ4n) is 3.94. The highest BCUT2D eigenvalue weighted by atomic mass is 35.5. The van der Waals surface area contributed by atoms with Gasteiger partial charge in [0.15, 0.2) is 11.5 Å². The fourth-order valence-corrected chi connectivity index (χ4v) is 4.91. The lowest BCUT2D eigenvalue weighted by Crippen LogP contribution is -2.35. The van der Waals surface area contributed by atoms with Crippen LogP contribution in [0.15, 0.2) is 54.6 Å². The molecule has 2 N–H and O–H groups in total. The Morgan fingerprint density at radius 3 is 2.41 bits per heavy atom. The molecule has 4 rings (SSSR count). The van der Waals surface area contributed by atoms with E-state index in [0.29, 0.717) is 21.0 Å². The number of rotatable bonds is 8. The van der Waals surface area contributed by atoms with Gasteiger partial charge in [-0.1, -0.05) is 41.4 Å². The Balaban J connectivity index is 1.70. The average molecular weight is 623 g/mol. The maximum Gasteiger partial charge on any atom is 0.433 e. The van der Waals surface area contributed by atoms with Gasteiger partial charge in [-0.3, -0.25) is 14.9 Å². The van der Waals surface area contributed by atoms with Crippen LogP contribution in [0.25, 0.3) is 17.1 Å². The minimum atomic E-state index is -4.77. The van der Waals surface area contributed by atoms with Crippen molar-refractivity contribution >= 4 is 52.7 Å². The lowest BCUT2D eigenvalue weighted by atomic mass is 10.1. The Kier molecular flexibility index (Phi) is 9.25. The summed E-state index contributed by atoms with van der Waals surface area (Å²) in [5, 5.41) is 9.88. The summed E-state index contributed by atoms with van der Waals surface area (Å²) >= 11 is 13.7. The van der Waals surface area contributed by atoms with E-state index in [1.807, 2.05) is 13.2 Å². The predicted octanol–water partition coefficient (Wildman–Crippen LogP) is 6.70. The Hall–Kier alpha value is -3.61. The number of aromatic nitrogens is 4. The van der Waals surface area contributed by atoms with Gasteiger partial charge in [-0.05, 0) is 50.4 Å². The number of anilines is 1. The summed E-state index contributed by atoms with van der Waals surface area (Å²) in [5.74, 6) is -1.19. The third-order valence-electron chi connectivity index (χ3n) is 5.70. The van der Waals surface area contributed by atoms with Gasteiger partial charge in [-0.15, -0.1) is 0 Å². The monoisotopic (exact) mass is 622 g/mol. The summed E-state index contributed by atoms with van der Waals surface area (Å²) in [6.07, 6.45) is -2.87. The summed E-state index contributed by atoms with van der Waals surface area (Å²) in [6.45, 7) is 3.35. The molecule has 4 aromatic rings. The number of nitrogens with one attached hydrogen (secondary N) is 2. The van der Waals surface area contributed by atoms with Crippen LogP contribution in [-0.2, 0) is 6.18 Å². The molecule has 0 aliphatic rings. The Bertz CT molecular complexity index is 1600. The first-order chi connectivity index (χ1) is 19.4. The quantitative estimate of drug-likeness (QED) is 0.227. The van der Waals surface area contributed by atoms with Crippen molar-refractivity contribution in [3.8, 4) is 17.1 Å². The molecular weight excluding hydrogens is 600 g/mol. The standard InChI is InChI=1S/C27H23Cl2F3N6O2S/c1-14-11-22(38-21(27(30,31)32)12-20(37-38)16-7-9-17(28)10-8-16)35-26(34-14)36-24(39)18-5-4-6-19(29)23(18)25(40)33-15(2)13-41-3/h4-12,15H,13H2,1-3H3,(H,33,40)(H,34,35,36,39)/t15-/m0/s1. The first kappa shape index (κ1) is 30.4. The molecule has 8 nitrogen and oxygen atoms in total. The first-order valence-corrected chi connectivity index (χ1v) is 14.2. The van der Waals surface area contributed by atoms with E-state index in [9.17, 15) is 22.8 Å². The van der Waals surface area contributed by atoms with Crippen LogP contribution in [0.1, 0.15) is 39.0 Å². The number of carbonyl (C=O) groups is 2. The van der Waals surface area contributed by atoms with Crippen molar-refractivity contribution in [3.05, 3.63) is 87.2 Å². The number of carbonyl (C=O) groups excluding carboxylic acids is 2. The Labute approximate surface area is 247 Å². The van der Waals surface area contributed by atoms with E-state index >= 15 is 0 Å². The minimum Gasteiger partial charge on any atom is -0.349 e. The van der Waals surface area contributed by atoms with E-state index < -0.39 is 23.7 Å². The number of nitrogens with zero attached hydrogens (tertiary/aromatic N) is 4. The van der Waals surface area contributed by atoms with Crippen LogP contribution in [0.5, 0.6) is 0 Å². The summed E-state index contributed by atoms with van der Waals surface area (Å²) < 4.78 is 42.7. The molecule has 2 heterocycles. The van der Waals surface area contributed by atoms with Crippen molar-refractivity contribution < 1.29 is 22.8 Å². The van der Waals surface area contributed by atoms with Gasteiger partial charge in [0.2, 0.25) is 5.95 Å². The summed E-state index contributed by atoms with van der Waals surface area (Å²) in [4.78, 5) is 34.5. The number of hydrogen-bond acceptors (Lipinski definition) is 6. The topological polar surface area (TPSA) is 102 Å². The lowest BCUT2D eigenvalue weighted by molar-refractivity contribution is -0.142. The number of hydrogen-bond donors (Lipinski definition) is 2. The molecule has 0 aliphatic carbocycles. The number of thioether (sulfide) groups is 1. The normalized spacial score (nSPS) is 12.2. The first-order valence-electron chi connectivity index (χ1n) is 12.1. The summed E-state index contributed by atoms with van der Waals surface area (Å²) in [6, 6.07) is 12.6. The van der Waals surface area contributed by atoms with Gasteiger partial charge in [0, 0.05) is 34.1 Å². The highest BCUT2D eigenvalue weighted by Gasteiger charge is 2.37. The molecule has 0 fully saturated rings. The molecule has 0 spiro atoms. The van der Waals surface area contributed by atoms with Crippen LogP contribution in [0.3, 0.4) is 0 Å². The molecule has 0 saturated heterocycles. The van der Waals surface area contributed by atoms with Crippen LogP contribution in [-0.4, -0.2) is 49.6 Å². The van der Waals surface area contributed by atoms with Crippen LogP contribution in [0.4, 0.5) is 19.1 Å². The van der Waals surface area contributed by atoms with E-state index in [1.54, 1.807) is 36.0 Å². The van der Waals surface area contributed by atoms with Gasteiger partial charge < -0.3 is 5.32 Å². The van der Waals surface area contributed by atoms with Crippen LogP contribution >= 0.6 is 35.0 Å². The Morgan fingerprint density at radius 1 is 1.05 bits per heavy atom. The number of alkyl halides is 3. The second kappa shape index (κ2) is 12.5. The van der Waals surface area contributed by atoms with Crippen molar-refractivity contribution in [1.82, 2.24) is 25.1 Å². The molecule has 0 radical (unpaired) electrons. The molecule has 0 unspecified atom stereocenters. The van der Waals surface area contributed by atoms with E-state index in [-0.39, 0.29) is 45.3 Å². The summed E-state index contributed by atoms with van der Waals surface area (Å²) in [5.41, 5.74) is -0.467. The zero-order valence-corrected chi connectivity index (χ0v) is 24.2. The molecular formula is C27H23Cl2F3N6O2S. The molecule has 2 amide bonds. The number of amides is 2. The van der Waals surface area contributed by atoms with Gasteiger partial charge in [0.25, 0.3) is 11.8 Å². The SMILES string of the molecule is CSC[C@H](C)NC(=O)c1c(Cl)cccc1C(=O)Nc1nc(C)cc(-n2nc(-c3ccc(Cl)cc3)cc2C(F)(F)F)n1. The van der Waals surface area contributed by atoms with E-state index in [2.05, 4.69) is 25.7 Å². The van der Waals surface area contributed by atoms with Gasteiger partial charge in [-0.2, -0.15) is 35.0 Å². The highest BCUT2D eigenvalue weighted by Crippen LogP contribution is 2.34. The molecule has 0 bridgehead atoms. The molecule has 0 saturated carbocycles. The van der Waals surface area contributed by atoms with E-state index in [0.717, 1.165) is 6.07 Å². The summed E-state index contributed by atoms with van der Waals surface area (Å²) in [7, 11) is 0. The van der Waals surface area contributed by atoms with Gasteiger partial charge in [-0.25, -0.2) is 9.67 Å². The predicted molar refractivity (Wildman–Crippen MR) is 154 cm³/mol. The number of aryl methyl sites for hydroxylation is 1. The van der Waals surface area contributed by atoms with Crippen LogP contribution < -0.4 is 10.6 Å². The number of benzene rings is 2. The largest absolute Gasteiger partial charge is 0.433 e. The molecule has 1 atom stereocenters. The maximum atomic E-state index is 14.0. The third kappa shape index (κ3) is 7.19. The number of halogens is 5. The third-order valence-corrected chi connectivity index (χ3v) is 7.10. The zero-order valence-electron chi connectivity index (χ0n) is 21.9. The lowest BCUT2D eigenvalue weighted by Gasteiger charge is -2.16. The van der Waals surface area contributed by atoms with Crippen molar-refractivity contribution in [2.24, 2.45) is 0 Å². The smallest absolute Gasteiger partial charge is 0.349 e. The minimum absolute atomic E-state index is 0.0427. The van der Waals surface area contributed by atoms with Crippen molar-refractivity contribution in [2.75, 3.05) is 17.3 Å². The molecule has 2 aromatic carbocycles. The maximum absolute atomic E-state index is 14.0. The second-order valence-corrected chi connectivity index (χ2v) is 10.7. The fraction of sp³-hybridized carbons (Fsp3) is 0.222. The zero-order chi connectivity index (χ0) is 29.9. The molecule has 14 heteroatoms. The molecule has 0 aliphatic heterocycles. The van der Waals surface area contributed by atoms with Crippen molar-refractivity contribution in [1.29, 1.82) is 0 Å². The van der Waals surface area contributed by atoms with Gasteiger partial charge in [0.05, 0.1) is 21.8 Å². The molecule has 214 valence electrons. The van der Waals surface area contributed by atoms with Crippen LogP contribution in [0, 0.1) is 6.92 Å². The molecule has 2 aromatic heterocycles. The van der Waals surface area contributed by atoms with Crippen LogP contribution in [0.2, 0.25) is 10.0 Å². The highest BCUT2D eigenvalue weighted by molar-refractivity contribution is 7.98. The van der Waals surface area contributed by atoms with E-state index in [4.69, 9.17) is 23.2 Å². The van der Waals surface area contributed by atoms with E-state index in [1.165, 1.54) is 31.2 Å². The Morgan fingerprint density at radius 2 is 1.76 bits per heavy atom. The average Bonchev–Trinajstić information content (AvgIpc) is 3.35. The molecule has 41 heavy (non-hydrogen) atoms. The van der Waals surface area contributed by atoms with Gasteiger partial charge >= 0.3 is 6.18 Å².